The Labute approximate surface area is 161 Å². The van der Waals surface area contributed by atoms with Gasteiger partial charge in [0.2, 0.25) is 0 Å². The molecule has 1 aliphatic heterocycles. The Morgan fingerprint density at radius 3 is 2.67 bits per heavy atom. The van der Waals surface area contributed by atoms with Crippen molar-refractivity contribution in [3.8, 4) is 5.75 Å². The van der Waals surface area contributed by atoms with Gasteiger partial charge in [0.05, 0.1) is 7.11 Å². The molecule has 2 heterocycles. The Bertz CT molecular complexity index is 771. The number of carbonyl (C=O) groups excluding carboxylic acids is 1. The molecule has 27 heavy (non-hydrogen) atoms. The molecule has 0 bridgehead atoms. The number of amides is 1. The predicted octanol–water partition coefficient (Wildman–Crippen LogP) is 3.15. The molecule has 1 saturated heterocycles. The van der Waals surface area contributed by atoms with Crippen LogP contribution in [0.4, 0.5) is 5.82 Å². The van der Waals surface area contributed by atoms with Crippen LogP contribution >= 0.6 is 0 Å². The Morgan fingerprint density at radius 1 is 1.15 bits per heavy atom. The third-order valence-electron chi connectivity index (χ3n) is 4.82. The van der Waals surface area contributed by atoms with Gasteiger partial charge in [-0.15, -0.1) is 0 Å². The predicted molar refractivity (Wildman–Crippen MR) is 106 cm³/mol. The minimum absolute atomic E-state index is 0.153. The molecule has 1 N–H and O–H groups in total. The lowest BCUT2D eigenvalue weighted by molar-refractivity contribution is 0.0948. The Morgan fingerprint density at radius 2 is 1.93 bits per heavy atom. The smallest absolute Gasteiger partial charge is 0.270 e. The van der Waals surface area contributed by atoms with Gasteiger partial charge in [0, 0.05) is 25.7 Å². The van der Waals surface area contributed by atoms with Crippen LogP contribution in [-0.2, 0) is 6.42 Å². The zero-order chi connectivity index (χ0) is 19.1. The lowest BCUT2D eigenvalue weighted by atomic mass is 10.1. The SMILES string of the molecule is COc1cccc(CCNC(=O)c2cc(N3CCCCCC3)nc(C)n2)c1. The van der Waals surface area contributed by atoms with E-state index in [0.29, 0.717) is 18.1 Å². The van der Waals surface area contributed by atoms with Crippen molar-refractivity contribution in [1.82, 2.24) is 15.3 Å². The highest BCUT2D eigenvalue weighted by atomic mass is 16.5. The number of rotatable bonds is 6. The molecule has 0 radical (unpaired) electrons. The van der Waals surface area contributed by atoms with E-state index < -0.39 is 0 Å². The highest BCUT2D eigenvalue weighted by Gasteiger charge is 2.16. The zero-order valence-electron chi connectivity index (χ0n) is 16.2. The van der Waals surface area contributed by atoms with Crippen LogP contribution in [-0.4, -0.2) is 42.6 Å². The third-order valence-corrected chi connectivity index (χ3v) is 4.82. The van der Waals surface area contributed by atoms with E-state index in [4.69, 9.17) is 4.74 Å². The summed E-state index contributed by atoms with van der Waals surface area (Å²) in [5.41, 5.74) is 1.56. The molecule has 1 aromatic heterocycles. The number of aromatic nitrogens is 2. The van der Waals surface area contributed by atoms with Crippen molar-refractivity contribution < 1.29 is 9.53 Å². The van der Waals surface area contributed by atoms with E-state index >= 15 is 0 Å². The molecule has 6 heteroatoms. The number of hydrogen-bond acceptors (Lipinski definition) is 5. The van der Waals surface area contributed by atoms with E-state index in [2.05, 4.69) is 20.2 Å². The van der Waals surface area contributed by atoms with Gasteiger partial charge in [-0.3, -0.25) is 4.79 Å². The molecule has 0 aliphatic carbocycles. The number of nitrogens with zero attached hydrogens (tertiary/aromatic N) is 3. The van der Waals surface area contributed by atoms with E-state index in [1.165, 1.54) is 25.7 Å². The number of anilines is 1. The molecule has 0 atom stereocenters. The fourth-order valence-electron chi connectivity index (χ4n) is 3.37. The summed E-state index contributed by atoms with van der Waals surface area (Å²) in [4.78, 5) is 23.7. The van der Waals surface area contributed by atoms with Crippen molar-refractivity contribution in [2.45, 2.75) is 39.0 Å². The molecule has 1 amide bonds. The van der Waals surface area contributed by atoms with Gasteiger partial charge >= 0.3 is 0 Å². The molecule has 1 aliphatic rings. The Kier molecular flexibility index (Phi) is 6.63. The van der Waals surface area contributed by atoms with Crippen LogP contribution < -0.4 is 15.0 Å². The van der Waals surface area contributed by atoms with Crippen LogP contribution in [0.15, 0.2) is 30.3 Å². The van der Waals surface area contributed by atoms with Gasteiger partial charge in [0.1, 0.15) is 23.1 Å². The Hall–Kier alpha value is -2.63. The summed E-state index contributed by atoms with van der Waals surface area (Å²) >= 11 is 0. The second-order valence-electron chi connectivity index (χ2n) is 6.92. The third kappa shape index (κ3) is 5.42. The van der Waals surface area contributed by atoms with E-state index in [9.17, 15) is 4.79 Å². The number of hydrogen-bond donors (Lipinski definition) is 1. The zero-order valence-corrected chi connectivity index (χ0v) is 16.2. The van der Waals surface area contributed by atoms with Gasteiger partial charge in [0.15, 0.2) is 0 Å². The van der Waals surface area contributed by atoms with E-state index in [0.717, 1.165) is 36.6 Å². The molecular formula is C21H28N4O2. The maximum absolute atomic E-state index is 12.6. The first-order valence-electron chi connectivity index (χ1n) is 9.67. The van der Waals surface area contributed by atoms with E-state index in [1.807, 2.05) is 37.3 Å². The van der Waals surface area contributed by atoms with Gasteiger partial charge in [-0.05, 0) is 43.9 Å². The largest absolute Gasteiger partial charge is 0.497 e. The molecule has 2 aromatic rings. The van der Waals surface area contributed by atoms with Crippen LogP contribution in [0.25, 0.3) is 0 Å². The number of ether oxygens (including phenoxy) is 1. The quantitative estimate of drug-likeness (QED) is 0.848. The number of aryl methyl sites for hydroxylation is 1. The molecule has 0 saturated carbocycles. The van der Waals surface area contributed by atoms with Gasteiger partial charge in [-0.25, -0.2) is 9.97 Å². The van der Waals surface area contributed by atoms with E-state index in [1.54, 1.807) is 7.11 Å². The molecule has 0 unspecified atom stereocenters. The highest BCUT2D eigenvalue weighted by Crippen LogP contribution is 2.18. The van der Waals surface area contributed by atoms with Crippen LogP contribution in [0.1, 0.15) is 47.6 Å². The van der Waals surface area contributed by atoms with Crippen molar-refractivity contribution in [1.29, 1.82) is 0 Å². The standard InChI is InChI=1S/C21H28N4O2/c1-16-23-19(15-20(24-16)25-12-5-3-4-6-13-25)21(26)22-11-10-17-8-7-9-18(14-17)27-2/h7-9,14-15H,3-6,10-13H2,1-2H3,(H,22,26). The van der Waals surface area contributed by atoms with Gasteiger partial charge in [0.25, 0.3) is 5.91 Å². The van der Waals surface area contributed by atoms with Crippen molar-refractivity contribution in [3.05, 3.63) is 47.4 Å². The lowest BCUT2D eigenvalue weighted by Gasteiger charge is -2.22. The van der Waals surface area contributed by atoms with Crippen LogP contribution in [0.5, 0.6) is 5.75 Å². The normalized spacial score (nSPS) is 14.5. The fourth-order valence-corrected chi connectivity index (χ4v) is 3.37. The minimum Gasteiger partial charge on any atom is -0.497 e. The summed E-state index contributed by atoms with van der Waals surface area (Å²) in [7, 11) is 1.65. The maximum atomic E-state index is 12.6. The first-order chi connectivity index (χ1) is 13.2. The van der Waals surface area contributed by atoms with Gasteiger partial charge in [-0.1, -0.05) is 25.0 Å². The average Bonchev–Trinajstić information content (AvgIpc) is 2.97. The van der Waals surface area contributed by atoms with Crippen molar-refractivity contribution in [2.24, 2.45) is 0 Å². The summed E-state index contributed by atoms with van der Waals surface area (Å²) < 4.78 is 5.24. The fraction of sp³-hybridized carbons (Fsp3) is 0.476. The molecule has 3 rings (SSSR count). The molecule has 1 aromatic carbocycles. The Balaban J connectivity index is 1.62. The first kappa shape index (κ1) is 19.1. The number of methoxy groups -OCH3 is 1. The number of nitrogens with one attached hydrogen (secondary N) is 1. The maximum Gasteiger partial charge on any atom is 0.270 e. The van der Waals surface area contributed by atoms with Crippen LogP contribution in [0.2, 0.25) is 0 Å². The lowest BCUT2D eigenvalue weighted by Crippen LogP contribution is -2.29. The summed E-state index contributed by atoms with van der Waals surface area (Å²) in [6, 6.07) is 9.70. The van der Waals surface area contributed by atoms with E-state index in [-0.39, 0.29) is 5.91 Å². The van der Waals surface area contributed by atoms with Crippen molar-refractivity contribution >= 4 is 11.7 Å². The summed E-state index contributed by atoms with van der Waals surface area (Å²) in [5, 5.41) is 2.97. The molecule has 0 spiro atoms. The topological polar surface area (TPSA) is 67.3 Å². The average molecular weight is 368 g/mol. The van der Waals surface area contributed by atoms with Crippen molar-refractivity contribution in [2.75, 3.05) is 31.6 Å². The van der Waals surface area contributed by atoms with Gasteiger partial charge in [-0.2, -0.15) is 0 Å². The van der Waals surface area contributed by atoms with Crippen LogP contribution in [0, 0.1) is 6.92 Å². The molecule has 1 fully saturated rings. The summed E-state index contributed by atoms with van der Waals surface area (Å²) in [5.74, 6) is 2.17. The summed E-state index contributed by atoms with van der Waals surface area (Å²) in [6.45, 7) is 4.38. The monoisotopic (exact) mass is 368 g/mol. The minimum atomic E-state index is -0.153. The molecule has 144 valence electrons. The van der Waals surface area contributed by atoms with Crippen LogP contribution in [0.3, 0.4) is 0 Å². The van der Waals surface area contributed by atoms with Crippen molar-refractivity contribution in [3.63, 3.8) is 0 Å². The second kappa shape index (κ2) is 9.35. The second-order valence-corrected chi connectivity index (χ2v) is 6.92. The molecular weight excluding hydrogens is 340 g/mol. The number of benzene rings is 1. The highest BCUT2D eigenvalue weighted by molar-refractivity contribution is 5.92. The number of carbonyl (C=O) groups is 1. The molecule has 6 nitrogen and oxygen atoms in total. The summed E-state index contributed by atoms with van der Waals surface area (Å²) in [6.07, 6.45) is 5.61. The first-order valence-corrected chi connectivity index (χ1v) is 9.67. The van der Waals surface area contributed by atoms with Gasteiger partial charge < -0.3 is 15.0 Å².